The Morgan fingerprint density at radius 1 is 1.32 bits per heavy atom. The summed E-state index contributed by atoms with van der Waals surface area (Å²) in [4.78, 5) is 22.6. The first kappa shape index (κ1) is 20.3. The molecule has 2 saturated heterocycles. The maximum absolute atomic E-state index is 11.8. The SMILES string of the molecule is COC1C2OP(=O)(O)OCC2OC1n1cnc2c(N)nc(OCc3ccccc3)nc21. The van der Waals surface area contributed by atoms with Crippen molar-refractivity contribution in [2.45, 2.75) is 31.1 Å². The number of rotatable bonds is 5. The van der Waals surface area contributed by atoms with Gasteiger partial charge in [-0.1, -0.05) is 30.3 Å². The van der Waals surface area contributed by atoms with Crippen molar-refractivity contribution >= 4 is 24.8 Å². The van der Waals surface area contributed by atoms with Gasteiger partial charge in [-0.25, -0.2) is 9.55 Å². The van der Waals surface area contributed by atoms with Gasteiger partial charge in [0.2, 0.25) is 0 Å². The van der Waals surface area contributed by atoms with Gasteiger partial charge in [0.25, 0.3) is 0 Å². The summed E-state index contributed by atoms with van der Waals surface area (Å²) in [5.74, 6) is 0.149. The van der Waals surface area contributed by atoms with E-state index in [0.717, 1.165) is 5.56 Å². The molecular formula is C18H20N5O7P. The van der Waals surface area contributed by atoms with Crippen LogP contribution in [0.4, 0.5) is 5.82 Å². The Morgan fingerprint density at radius 3 is 2.90 bits per heavy atom. The smallest absolute Gasteiger partial charge is 0.458 e. The number of methoxy groups -OCH3 is 1. The topological polar surface area (TPSA) is 153 Å². The molecule has 31 heavy (non-hydrogen) atoms. The number of phosphoric ester groups is 1. The van der Waals surface area contributed by atoms with Crippen LogP contribution >= 0.6 is 7.82 Å². The fourth-order valence-electron chi connectivity index (χ4n) is 3.69. The highest BCUT2D eigenvalue weighted by molar-refractivity contribution is 7.47. The van der Waals surface area contributed by atoms with Gasteiger partial charge in [-0.3, -0.25) is 13.6 Å². The average Bonchev–Trinajstić information content (AvgIpc) is 3.33. The molecule has 0 bridgehead atoms. The van der Waals surface area contributed by atoms with E-state index >= 15 is 0 Å². The Kier molecular flexibility index (Phi) is 5.13. The highest BCUT2D eigenvalue weighted by atomic mass is 31.2. The first-order valence-corrected chi connectivity index (χ1v) is 11.0. The molecule has 0 radical (unpaired) electrons. The lowest BCUT2D eigenvalue weighted by molar-refractivity contribution is -0.0667. The van der Waals surface area contributed by atoms with Crippen LogP contribution < -0.4 is 10.5 Å². The second kappa shape index (κ2) is 7.83. The minimum absolute atomic E-state index is 0.0828. The standard InChI is InChI=1S/C18H20N5O7P/c1-26-14-13-11(8-28-31(24,25)30-13)29-17(14)23-9-20-12-15(19)21-18(22-16(12)23)27-7-10-5-3-2-4-6-10/h2-6,9,11,13-14,17H,7-8H2,1H3,(H,24,25)(H2,19,21,22). The molecule has 0 saturated carbocycles. The summed E-state index contributed by atoms with van der Waals surface area (Å²) in [5.41, 5.74) is 7.75. The highest BCUT2D eigenvalue weighted by Crippen LogP contribution is 2.53. The molecule has 2 aliphatic heterocycles. The third-order valence-corrected chi connectivity index (χ3v) is 6.11. The van der Waals surface area contributed by atoms with Crippen molar-refractivity contribution in [3.63, 3.8) is 0 Å². The lowest BCUT2D eigenvalue weighted by Gasteiger charge is -2.29. The van der Waals surface area contributed by atoms with E-state index in [1.807, 2.05) is 30.3 Å². The number of anilines is 1. The van der Waals surface area contributed by atoms with Crippen molar-refractivity contribution in [1.29, 1.82) is 0 Å². The molecule has 164 valence electrons. The summed E-state index contributed by atoms with van der Waals surface area (Å²) in [6, 6.07) is 9.66. The van der Waals surface area contributed by atoms with E-state index < -0.39 is 32.4 Å². The lowest BCUT2D eigenvalue weighted by Crippen LogP contribution is -2.40. The van der Waals surface area contributed by atoms with Crippen LogP contribution in [-0.4, -0.2) is 56.4 Å². The van der Waals surface area contributed by atoms with Crippen molar-refractivity contribution in [2.75, 3.05) is 19.5 Å². The predicted molar refractivity (Wildman–Crippen MR) is 106 cm³/mol. The van der Waals surface area contributed by atoms with Crippen molar-refractivity contribution in [3.8, 4) is 6.01 Å². The first-order chi connectivity index (χ1) is 14.9. The van der Waals surface area contributed by atoms with E-state index in [1.165, 1.54) is 13.4 Å². The second-order valence-electron chi connectivity index (χ2n) is 7.09. The number of imidazole rings is 1. The number of phosphoric acid groups is 1. The Balaban J connectivity index is 1.46. The molecule has 3 aromatic rings. The predicted octanol–water partition coefficient (Wildman–Crippen LogP) is 1.42. The normalized spacial score (nSPS) is 30.4. The quantitative estimate of drug-likeness (QED) is 0.544. The van der Waals surface area contributed by atoms with Gasteiger partial charge in [0, 0.05) is 7.11 Å². The van der Waals surface area contributed by atoms with Crippen LogP contribution in [0.15, 0.2) is 36.7 Å². The molecule has 4 heterocycles. The number of nitrogens with two attached hydrogens (primary N) is 1. The van der Waals surface area contributed by atoms with Gasteiger partial charge in [-0.05, 0) is 5.56 Å². The molecule has 5 unspecified atom stereocenters. The van der Waals surface area contributed by atoms with E-state index in [-0.39, 0.29) is 25.0 Å². The third-order valence-electron chi connectivity index (χ3n) is 5.13. The summed E-state index contributed by atoms with van der Waals surface area (Å²) in [7, 11) is -2.70. The van der Waals surface area contributed by atoms with Crippen LogP contribution in [-0.2, 0) is 29.7 Å². The molecule has 3 N–H and O–H groups in total. The fraction of sp³-hybridized carbons (Fsp3) is 0.389. The van der Waals surface area contributed by atoms with Crippen molar-refractivity contribution in [2.24, 2.45) is 0 Å². The Hall–Kier alpha value is -2.60. The van der Waals surface area contributed by atoms with Crippen LogP contribution in [0.25, 0.3) is 11.2 Å². The maximum atomic E-state index is 11.8. The molecule has 2 aromatic heterocycles. The number of hydrogen-bond donors (Lipinski definition) is 2. The molecule has 5 atom stereocenters. The van der Waals surface area contributed by atoms with Gasteiger partial charge in [-0.2, -0.15) is 9.97 Å². The van der Waals surface area contributed by atoms with Gasteiger partial charge < -0.3 is 24.8 Å². The average molecular weight is 449 g/mol. The number of fused-ring (bicyclic) bond motifs is 2. The zero-order valence-corrected chi connectivity index (χ0v) is 17.3. The Bertz CT molecular complexity index is 1140. The van der Waals surface area contributed by atoms with E-state index in [4.69, 9.17) is 29.0 Å². The van der Waals surface area contributed by atoms with Crippen LogP contribution in [0.5, 0.6) is 6.01 Å². The van der Waals surface area contributed by atoms with E-state index in [1.54, 1.807) is 4.57 Å². The van der Waals surface area contributed by atoms with Gasteiger partial charge in [0.15, 0.2) is 23.2 Å². The van der Waals surface area contributed by atoms with Gasteiger partial charge >= 0.3 is 13.8 Å². The van der Waals surface area contributed by atoms with Crippen molar-refractivity contribution in [1.82, 2.24) is 19.5 Å². The third kappa shape index (κ3) is 3.78. The molecular weight excluding hydrogens is 429 g/mol. The van der Waals surface area contributed by atoms with Crippen LogP contribution in [0, 0.1) is 0 Å². The molecule has 2 aliphatic rings. The minimum Gasteiger partial charge on any atom is -0.458 e. The molecule has 0 amide bonds. The fourth-order valence-corrected chi connectivity index (χ4v) is 4.65. The van der Waals surface area contributed by atoms with Gasteiger partial charge in [0.1, 0.15) is 24.9 Å². The molecule has 12 nitrogen and oxygen atoms in total. The van der Waals surface area contributed by atoms with Crippen molar-refractivity contribution < 1.29 is 32.7 Å². The summed E-state index contributed by atoms with van der Waals surface area (Å²) < 4.78 is 40.8. The number of aromatic nitrogens is 4. The summed E-state index contributed by atoms with van der Waals surface area (Å²) in [5, 5.41) is 0. The van der Waals surface area contributed by atoms with Crippen LogP contribution in [0.2, 0.25) is 0 Å². The molecule has 5 rings (SSSR count). The zero-order chi connectivity index (χ0) is 21.6. The molecule has 2 fully saturated rings. The molecule has 0 spiro atoms. The monoisotopic (exact) mass is 449 g/mol. The van der Waals surface area contributed by atoms with Gasteiger partial charge in [-0.15, -0.1) is 0 Å². The van der Waals surface area contributed by atoms with E-state index in [0.29, 0.717) is 11.2 Å². The highest BCUT2D eigenvalue weighted by Gasteiger charge is 2.53. The van der Waals surface area contributed by atoms with E-state index in [2.05, 4.69) is 15.0 Å². The first-order valence-electron chi connectivity index (χ1n) is 9.46. The number of hydrogen-bond acceptors (Lipinski definition) is 10. The second-order valence-corrected chi connectivity index (χ2v) is 8.50. The number of nitrogen functional groups attached to an aromatic ring is 1. The molecule has 13 heteroatoms. The zero-order valence-electron chi connectivity index (χ0n) is 16.4. The van der Waals surface area contributed by atoms with Crippen LogP contribution in [0.1, 0.15) is 11.8 Å². The Labute approximate surface area is 176 Å². The minimum atomic E-state index is -4.16. The largest absolute Gasteiger partial charge is 0.472 e. The number of ether oxygens (including phenoxy) is 3. The molecule has 0 aliphatic carbocycles. The van der Waals surface area contributed by atoms with Crippen LogP contribution in [0.3, 0.4) is 0 Å². The van der Waals surface area contributed by atoms with E-state index in [9.17, 15) is 9.46 Å². The number of benzene rings is 1. The maximum Gasteiger partial charge on any atom is 0.472 e. The summed E-state index contributed by atoms with van der Waals surface area (Å²) >= 11 is 0. The summed E-state index contributed by atoms with van der Waals surface area (Å²) in [6.45, 7) is 0.158. The van der Waals surface area contributed by atoms with Crippen molar-refractivity contribution in [3.05, 3.63) is 42.2 Å². The Morgan fingerprint density at radius 2 is 2.13 bits per heavy atom. The number of nitrogens with zero attached hydrogens (tertiary/aromatic N) is 4. The summed E-state index contributed by atoms with van der Waals surface area (Å²) in [6.07, 6.45) is -1.37. The molecule has 1 aromatic carbocycles. The lowest BCUT2D eigenvalue weighted by atomic mass is 10.1. The van der Waals surface area contributed by atoms with Gasteiger partial charge in [0.05, 0.1) is 12.9 Å².